The Morgan fingerprint density at radius 2 is 2.23 bits per heavy atom. The summed E-state index contributed by atoms with van der Waals surface area (Å²) in [6.07, 6.45) is 6.49. The Bertz CT molecular complexity index is 690. The van der Waals surface area contributed by atoms with Gasteiger partial charge in [-0.05, 0) is 30.5 Å². The molecule has 0 aliphatic heterocycles. The van der Waals surface area contributed by atoms with Crippen molar-refractivity contribution in [3.63, 3.8) is 0 Å². The fraction of sp³-hybridized carbons (Fsp3) is 0.562. The Morgan fingerprint density at radius 1 is 1.50 bits per heavy atom. The first kappa shape index (κ1) is 16.7. The van der Waals surface area contributed by atoms with Crippen LogP contribution in [-0.4, -0.2) is 26.9 Å². The summed E-state index contributed by atoms with van der Waals surface area (Å²) in [6.45, 7) is 8.39. The zero-order valence-electron chi connectivity index (χ0n) is 13.1. The molecule has 2 rings (SSSR count). The summed E-state index contributed by atoms with van der Waals surface area (Å²) in [5.74, 6) is 0.946. The van der Waals surface area contributed by atoms with Crippen molar-refractivity contribution in [1.29, 1.82) is 0 Å². The highest BCUT2D eigenvalue weighted by Crippen LogP contribution is 2.31. The summed E-state index contributed by atoms with van der Waals surface area (Å²) in [6, 6.07) is 0.193. The van der Waals surface area contributed by atoms with E-state index < -0.39 is 5.56 Å². The van der Waals surface area contributed by atoms with E-state index in [-0.39, 0.29) is 22.3 Å². The van der Waals surface area contributed by atoms with Crippen LogP contribution in [0.1, 0.15) is 38.7 Å². The van der Waals surface area contributed by atoms with Crippen LogP contribution in [0.2, 0.25) is 0 Å². The Labute approximate surface area is 135 Å². The molecule has 0 unspecified atom stereocenters. The van der Waals surface area contributed by atoms with E-state index in [1.165, 1.54) is 17.2 Å². The lowest BCUT2D eigenvalue weighted by Gasteiger charge is -2.31. The molecule has 0 amide bonds. The van der Waals surface area contributed by atoms with Crippen molar-refractivity contribution in [3.8, 4) is 5.88 Å². The SMILES string of the molecule is C=CCn1c(O)c(C=N[C@@H]2CCC[C@H](C)[C@@H]2C)c(=O)[nH]c1=S. The molecule has 0 aromatic carbocycles. The number of H-pyrrole nitrogens is 1. The molecule has 6 heteroatoms. The highest BCUT2D eigenvalue weighted by molar-refractivity contribution is 7.71. The lowest BCUT2D eigenvalue weighted by atomic mass is 9.78. The minimum atomic E-state index is -0.414. The summed E-state index contributed by atoms with van der Waals surface area (Å²) in [5.41, 5.74) is -0.260. The highest BCUT2D eigenvalue weighted by atomic mass is 32.1. The van der Waals surface area contributed by atoms with Crippen LogP contribution in [0.5, 0.6) is 5.88 Å². The molecule has 0 saturated heterocycles. The van der Waals surface area contributed by atoms with Gasteiger partial charge in [0.15, 0.2) is 4.77 Å². The average molecular weight is 321 g/mol. The summed E-state index contributed by atoms with van der Waals surface area (Å²) in [5, 5.41) is 10.3. The van der Waals surface area contributed by atoms with E-state index in [0.29, 0.717) is 18.4 Å². The molecule has 3 atom stereocenters. The quantitative estimate of drug-likeness (QED) is 0.509. The van der Waals surface area contributed by atoms with E-state index in [1.807, 2.05) is 0 Å². The normalized spacial score (nSPS) is 25.5. The summed E-state index contributed by atoms with van der Waals surface area (Å²) < 4.78 is 1.61. The van der Waals surface area contributed by atoms with Gasteiger partial charge in [0.25, 0.3) is 5.56 Å². The molecule has 1 aliphatic carbocycles. The van der Waals surface area contributed by atoms with Crippen LogP contribution in [0.15, 0.2) is 22.4 Å². The number of aromatic hydroxyl groups is 1. The van der Waals surface area contributed by atoms with E-state index in [1.54, 1.807) is 6.08 Å². The van der Waals surface area contributed by atoms with Crippen molar-refractivity contribution >= 4 is 18.4 Å². The van der Waals surface area contributed by atoms with Crippen molar-refractivity contribution in [2.45, 2.75) is 45.7 Å². The van der Waals surface area contributed by atoms with Crippen LogP contribution in [0.3, 0.4) is 0 Å². The third kappa shape index (κ3) is 3.38. The molecule has 2 N–H and O–H groups in total. The standard InChI is InChI=1S/C16H23N3O2S/c1-4-8-19-15(21)12(14(20)18-16(19)22)9-17-13-7-5-6-10(2)11(13)3/h4,9-11,13,21H,1,5-8H2,2-3H3,(H,18,20,22)/t10-,11-,13+/m0/s1. The van der Waals surface area contributed by atoms with E-state index in [4.69, 9.17) is 12.2 Å². The number of aliphatic imine (C=N–C) groups is 1. The number of aromatic nitrogens is 2. The zero-order valence-corrected chi connectivity index (χ0v) is 13.9. The number of nitrogens with one attached hydrogen (secondary N) is 1. The van der Waals surface area contributed by atoms with Gasteiger partial charge < -0.3 is 5.11 Å². The predicted molar refractivity (Wildman–Crippen MR) is 91.3 cm³/mol. The van der Waals surface area contributed by atoms with Crippen molar-refractivity contribution < 1.29 is 5.11 Å². The summed E-state index contributed by atoms with van der Waals surface area (Å²) in [4.78, 5) is 19.1. The van der Waals surface area contributed by atoms with Gasteiger partial charge in [0.2, 0.25) is 5.88 Å². The van der Waals surface area contributed by atoms with Crippen LogP contribution >= 0.6 is 12.2 Å². The van der Waals surface area contributed by atoms with Crippen LogP contribution in [0.25, 0.3) is 0 Å². The van der Waals surface area contributed by atoms with Crippen LogP contribution in [0.4, 0.5) is 0 Å². The monoisotopic (exact) mass is 321 g/mol. The molecule has 1 aromatic rings. The summed E-state index contributed by atoms with van der Waals surface area (Å²) in [7, 11) is 0. The molecular weight excluding hydrogens is 298 g/mol. The van der Waals surface area contributed by atoms with Gasteiger partial charge in [0, 0.05) is 12.8 Å². The van der Waals surface area contributed by atoms with Crippen molar-refractivity contribution in [3.05, 3.63) is 33.3 Å². The van der Waals surface area contributed by atoms with Gasteiger partial charge in [-0.25, -0.2) is 0 Å². The first-order chi connectivity index (χ1) is 10.5. The number of aromatic amines is 1. The average Bonchev–Trinajstić information content (AvgIpc) is 2.47. The molecule has 1 saturated carbocycles. The molecule has 120 valence electrons. The second kappa shape index (κ2) is 7.05. The number of nitrogens with zero attached hydrogens (tertiary/aromatic N) is 2. The molecule has 1 fully saturated rings. The first-order valence-corrected chi connectivity index (χ1v) is 8.06. The van der Waals surface area contributed by atoms with Crippen LogP contribution in [-0.2, 0) is 6.54 Å². The largest absolute Gasteiger partial charge is 0.494 e. The Morgan fingerprint density at radius 3 is 2.91 bits per heavy atom. The first-order valence-electron chi connectivity index (χ1n) is 7.65. The Kier molecular flexibility index (Phi) is 5.34. The summed E-state index contributed by atoms with van der Waals surface area (Å²) >= 11 is 5.05. The minimum absolute atomic E-state index is 0.154. The fourth-order valence-corrected chi connectivity index (χ4v) is 3.18. The minimum Gasteiger partial charge on any atom is -0.494 e. The van der Waals surface area contributed by atoms with Crippen LogP contribution in [0, 0.1) is 16.6 Å². The maximum absolute atomic E-state index is 12.0. The number of rotatable bonds is 4. The van der Waals surface area contributed by atoms with E-state index >= 15 is 0 Å². The molecule has 0 spiro atoms. The number of hydrogen-bond donors (Lipinski definition) is 2. The van der Waals surface area contributed by atoms with E-state index in [0.717, 1.165) is 12.8 Å². The zero-order chi connectivity index (χ0) is 16.3. The van der Waals surface area contributed by atoms with Crippen molar-refractivity contribution in [2.24, 2.45) is 16.8 Å². The van der Waals surface area contributed by atoms with E-state index in [9.17, 15) is 9.90 Å². The molecule has 1 heterocycles. The van der Waals surface area contributed by atoms with Gasteiger partial charge in [-0.2, -0.15) is 0 Å². The maximum Gasteiger partial charge on any atom is 0.264 e. The topological polar surface area (TPSA) is 70.4 Å². The van der Waals surface area contributed by atoms with Crippen LogP contribution < -0.4 is 5.56 Å². The smallest absolute Gasteiger partial charge is 0.264 e. The maximum atomic E-state index is 12.0. The Balaban J connectivity index is 2.35. The highest BCUT2D eigenvalue weighted by Gasteiger charge is 2.26. The number of allylic oxidation sites excluding steroid dienone is 1. The van der Waals surface area contributed by atoms with E-state index in [2.05, 4.69) is 30.4 Å². The van der Waals surface area contributed by atoms with Gasteiger partial charge in [-0.3, -0.25) is 19.3 Å². The van der Waals surface area contributed by atoms with Gasteiger partial charge in [0.1, 0.15) is 5.56 Å². The molecule has 5 nitrogen and oxygen atoms in total. The van der Waals surface area contributed by atoms with Gasteiger partial charge in [0.05, 0.1) is 6.04 Å². The molecular formula is C16H23N3O2S. The predicted octanol–water partition coefficient (Wildman–Crippen LogP) is 3.04. The second-order valence-electron chi connectivity index (χ2n) is 6.01. The molecule has 0 radical (unpaired) electrons. The Hall–Kier alpha value is -1.69. The van der Waals surface area contributed by atoms with Crippen molar-refractivity contribution in [2.75, 3.05) is 0 Å². The van der Waals surface area contributed by atoms with Gasteiger partial charge in [-0.15, -0.1) is 6.58 Å². The lowest BCUT2D eigenvalue weighted by Crippen LogP contribution is -2.28. The molecule has 1 aromatic heterocycles. The third-order valence-electron chi connectivity index (χ3n) is 4.58. The fourth-order valence-electron chi connectivity index (χ4n) is 2.92. The molecule has 22 heavy (non-hydrogen) atoms. The number of hydrogen-bond acceptors (Lipinski definition) is 4. The van der Waals surface area contributed by atoms with Gasteiger partial charge in [-0.1, -0.05) is 32.8 Å². The molecule has 1 aliphatic rings. The van der Waals surface area contributed by atoms with Gasteiger partial charge >= 0.3 is 0 Å². The second-order valence-corrected chi connectivity index (χ2v) is 6.40. The molecule has 0 bridgehead atoms. The van der Waals surface area contributed by atoms with Crippen molar-refractivity contribution in [1.82, 2.24) is 9.55 Å². The third-order valence-corrected chi connectivity index (χ3v) is 4.90. The lowest BCUT2D eigenvalue weighted by molar-refractivity contribution is 0.242.